The van der Waals surface area contributed by atoms with Gasteiger partial charge in [0.05, 0.1) is 0 Å². The minimum absolute atomic E-state index is 0. The molecule has 19 heavy (non-hydrogen) atoms. The van der Waals surface area contributed by atoms with Crippen LogP contribution in [0.4, 0.5) is 0 Å². The second-order valence-corrected chi connectivity index (χ2v) is 6.37. The van der Waals surface area contributed by atoms with E-state index in [1.165, 1.54) is 11.1 Å². The smallest absolute Gasteiger partial charge is 1.00 e. The molecule has 0 bridgehead atoms. The third-order valence-electron chi connectivity index (χ3n) is 3.64. The van der Waals surface area contributed by atoms with E-state index in [9.17, 15) is 0 Å². The fourth-order valence-corrected chi connectivity index (χ4v) is 2.62. The molecular weight excluding hydrogens is 334 g/mol. The summed E-state index contributed by atoms with van der Waals surface area (Å²) in [5.74, 6) is 0. The standard InChI is InChI=1S/C15H17.3ClH.Ti/c1-12-8-10-14(11-9-12)15(2,3)13-6-4-5-7-13;;;;/h4-11H,1-3H3;3*1H;/q;;;;+3/p-3. The summed E-state index contributed by atoms with van der Waals surface area (Å²) < 4.78 is 0.127. The van der Waals surface area contributed by atoms with Crippen LogP contribution in [0.2, 0.25) is 3.72 Å². The molecule has 0 spiro atoms. The molecule has 2 rings (SSSR count). The van der Waals surface area contributed by atoms with Crippen LogP contribution in [0.15, 0.2) is 48.6 Å². The number of rotatable bonds is 2. The van der Waals surface area contributed by atoms with Gasteiger partial charge in [0.2, 0.25) is 0 Å². The van der Waals surface area contributed by atoms with E-state index in [-0.39, 0.29) is 46.4 Å². The molecule has 0 atom stereocenters. The molecule has 0 unspecified atom stereocenters. The van der Waals surface area contributed by atoms with E-state index >= 15 is 0 Å². The van der Waals surface area contributed by atoms with E-state index in [0.29, 0.717) is 0 Å². The van der Waals surface area contributed by atoms with Gasteiger partial charge in [-0.05, 0) is 0 Å². The van der Waals surface area contributed by atoms with Crippen LogP contribution >= 0.6 is 0 Å². The second-order valence-electron chi connectivity index (χ2n) is 5.08. The number of allylic oxidation sites excluding steroid dienone is 4. The van der Waals surface area contributed by atoms with Crippen LogP contribution in [0.25, 0.3) is 0 Å². The van der Waals surface area contributed by atoms with Gasteiger partial charge >= 0.3 is 110 Å². The Balaban J connectivity index is 0. The van der Waals surface area contributed by atoms with Crippen molar-refractivity contribution in [2.45, 2.75) is 29.9 Å². The average Bonchev–Trinajstić information content (AvgIpc) is 2.67. The number of benzene rings is 1. The fourth-order valence-electron chi connectivity index (χ4n) is 2.10. The molecule has 1 aliphatic rings. The van der Waals surface area contributed by atoms with Crippen LogP contribution in [0.5, 0.6) is 0 Å². The van der Waals surface area contributed by atoms with E-state index in [1.54, 1.807) is 0 Å². The SMILES string of the molecule is Cc1ccc(C(C)(C)[C]2([Ti+3])C=CC=C2)cc1.[Cl-].[Cl-].[Cl-]. The zero-order chi connectivity index (χ0) is 11.8. The Bertz CT molecular complexity index is 435. The van der Waals surface area contributed by atoms with Crippen molar-refractivity contribution in [3.8, 4) is 0 Å². The van der Waals surface area contributed by atoms with Crippen molar-refractivity contribution in [3.63, 3.8) is 0 Å². The maximum Gasteiger partial charge on any atom is -1.00 e. The first kappa shape index (κ1) is 21.6. The molecular formula is C15H17Cl3Ti. The molecule has 0 saturated heterocycles. The molecule has 0 saturated carbocycles. The first-order valence-corrected chi connectivity index (χ1v) is 6.43. The van der Waals surface area contributed by atoms with Crippen LogP contribution in [0.3, 0.4) is 0 Å². The van der Waals surface area contributed by atoms with Gasteiger partial charge in [0.1, 0.15) is 0 Å². The van der Waals surface area contributed by atoms with Gasteiger partial charge in [-0.1, -0.05) is 0 Å². The summed E-state index contributed by atoms with van der Waals surface area (Å²) in [7, 11) is 0. The summed E-state index contributed by atoms with van der Waals surface area (Å²) in [6.45, 7) is 6.77. The molecule has 0 N–H and O–H groups in total. The molecule has 0 aromatic heterocycles. The van der Waals surface area contributed by atoms with E-state index in [0.717, 1.165) is 0 Å². The third kappa shape index (κ3) is 4.13. The van der Waals surface area contributed by atoms with Crippen molar-refractivity contribution in [1.82, 2.24) is 0 Å². The maximum atomic E-state index is 2.32. The Labute approximate surface area is 146 Å². The summed E-state index contributed by atoms with van der Waals surface area (Å²) in [4.78, 5) is 0. The fraction of sp³-hybridized carbons (Fsp3) is 0.333. The van der Waals surface area contributed by atoms with E-state index < -0.39 is 0 Å². The zero-order valence-corrected chi connectivity index (χ0v) is 15.1. The summed E-state index contributed by atoms with van der Waals surface area (Å²) in [5.41, 5.74) is 2.85. The monoisotopic (exact) mass is 350 g/mol. The minimum Gasteiger partial charge on any atom is -1.00 e. The van der Waals surface area contributed by atoms with Gasteiger partial charge in [-0.25, -0.2) is 0 Å². The van der Waals surface area contributed by atoms with Crippen molar-refractivity contribution < 1.29 is 57.7 Å². The molecule has 102 valence electrons. The second kappa shape index (κ2) is 7.91. The van der Waals surface area contributed by atoms with Gasteiger partial charge < -0.3 is 37.2 Å². The normalized spacial score (nSPS) is 15.2. The van der Waals surface area contributed by atoms with E-state index in [1.807, 2.05) is 0 Å². The van der Waals surface area contributed by atoms with Crippen LogP contribution in [0.1, 0.15) is 25.0 Å². The minimum atomic E-state index is 0. The van der Waals surface area contributed by atoms with Crippen molar-refractivity contribution in [3.05, 3.63) is 59.7 Å². The molecule has 0 aliphatic heterocycles. The molecule has 1 aliphatic carbocycles. The van der Waals surface area contributed by atoms with Gasteiger partial charge in [0.25, 0.3) is 0 Å². The first-order valence-electron chi connectivity index (χ1n) is 5.65. The van der Waals surface area contributed by atoms with Gasteiger partial charge in [0.15, 0.2) is 0 Å². The molecule has 0 nitrogen and oxygen atoms in total. The summed E-state index contributed by atoms with van der Waals surface area (Å²) in [5, 5.41) is 0. The summed E-state index contributed by atoms with van der Waals surface area (Å²) >= 11 is 2.30. The van der Waals surface area contributed by atoms with Crippen molar-refractivity contribution >= 4 is 0 Å². The van der Waals surface area contributed by atoms with Crippen molar-refractivity contribution in [1.29, 1.82) is 0 Å². The van der Waals surface area contributed by atoms with Crippen LogP contribution in [-0.4, -0.2) is 0 Å². The van der Waals surface area contributed by atoms with Crippen molar-refractivity contribution in [2.24, 2.45) is 0 Å². The molecule has 4 heteroatoms. The van der Waals surface area contributed by atoms with Gasteiger partial charge in [0, 0.05) is 0 Å². The Morgan fingerprint density at radius 2 is 1.32 bits per heavy atom. The van der Waals surface area contributed by atoms with E-state index in [4.69, 9.17) is 0 Å². The number of halogens is 3. The van der Waals surface area contributed by atoms with Gasteiger partial charge in [-0.15, -0.1) is 0 Å². The number of hydrogen-bond acceptors (Lipinski definition) is 0. The summed E-state index contributed by atoms with van der Waals surface area (Å²) in [6.07, 6.45) is 8.89. The number of hydrogen-bond donors (Lipinski definition) is 0. The largest absolute Gasteiger partial charge is 1.00 e. The molecule has 0 fully saturated rings. The maximum absolute atomic E-state index is 2.32. The zero-order valence-electron chi connectivity index (χ0n) is 11.3. The van der Waals surface area contributed by atoms with Crippen LogP contribution in [0, 0.1) is 6.92 Å². The average molecular weight is 352 g/mol. The van der Waals surface area contributed by atoms with Crippen LogP contribution < -0.4 is 37.2 Å². The molecule has 0 amide bonds. The molecule has 0 heterocycles. The first-order chi connectivity index (χ1) is 7.46. The third-order valence-corrected chi connectivity index (χ3v) is 5.13. The quantitative estimate of drug-likeness (QED) is 0.469. The Hall–Kier alpha value is 0.284. The van der Waals surface area contributed by atoms with Gasteiger partial charge in [-0.3, -0.25) is 0 Å². The Morgan fingerprint density at radius 1 is 0.895 bits per heavy atom. The van der Waals surface area contributed by atoms with Gasteiger partial charge in [-0.2, -0.15) is 0 Å². The Kier molecular flexibility index (Phi) is 8.98. The molecule has 1 aromatic rings. The Morgan fingerprint density at radius 3 is 1.74 bits per heavy atom. The predicted octanol–water partition coefficient (Wildman–Crippen LogP) is -4.88. The number of aryl methyl sites for hydroxylation is 1. The molecule has 1 aromatic carbocycles. The van der Waals surface area contributed by atoms with E-state index in [2.05, 4.69) is 89.8 Å². The van der Waals surface area contributed by atoms with Crippen LogP contribution in [-0.2, 0) is 25.9 Å². The predicted molar refractivity (Wildman–Crippen MR) is 65.2 cm³/mol. The van der Waals surface area contributed by atoms with Crippen molar-refractivity contribution in [2.75, 3.05) is 0 Å². The molecule has 0 radical (unpaired) electrons. The summed E-state index contributed by atoms with van der Waals surface area (Å²) in [6, 6.07) is 8.90. The topological polar surface area (TPSA) is 0 Å².